The fourth-order valence-electron chi connectivity index (χ4n) is 2.06. The van der Waals surface area contributed by atoms with Crippen LogP contribution in [-0.4, -0.2) is 17.8 Å². The second kappa shape index (κ2) is 7.19. The average molecular weight is 335 g/mol. The van der Waals surface area contributed by atoms with Gasteiger partial charge in [0.15, 0.2) is 5.41 Å². The third-order valence-electron chi connectivity index (χ3n) is 3.03. The van der Waals surface area contributed by atoms with Gasteiger partial charge in [0.25, 0.3) is 0 Å². The summed E-state index contributed by atoms with van der Waals surface area (Å²) in [4.78, 5) is 35.0. The molecule has 2 N–H and O–H groups in total. The smallest absolute Gasteiger partial charge is 1.00 e. The molecule has 96 valence electrons. The van der Waals surface area contributed by atoms with E-state index in [4.69, 9.17) is 0 Å². The molecular formula is C12H12BrN2NaO3. The Morgan fingerprint density at radius 2 is 1.47 bits per heavy atom. The van der Waals surface area contributed by atoms with E-state index in [1.807, 2.05) is 0 Å². The summed E-state index contributed by atoms with van der Waals surface area (Å²) in [6.07, 6.45) is 0.294. The maximum Gasteiger partial charge on any atom is 1.00 e. The molecule has 1 fully saturated rings. The van der Waals surface area contributed by atoms with Crippen LogP contribution in [0.1, 0.15) is 18.9 Å². The summed E-state index contributed by atoms with van der Waals surface area (Å²) < 4.78 is 0. The predicted molar refractivity (Wildman–Crippen MR) is 60.1 cm³/mol. The van der Waals surface area contributed by atoms with Crippen LogP contribution in [0.25, 0.3) is 0 Å². The molecule has 1 heterocycles. The first-order valence-corrected chi connectivity index (χ1v) is 5.33. The molecule has 7 heteroatoms. The molecule has 1 aliphatic heterocycles. The molecule has 0 bridgehead atoms. The second-order valence-electron chi connectivity index (χ2n) is 3.86. The van der Waals surface area contributed by atoms with Gasteiger partial charge in [0.05, 0.1) is 0 Å². The Balaban J connectivity index is 0.00000162. The molecule has 0 saturated carbocycles. The summed E-state index contributed by atoms with van der Waals surface area (Å²) in [6, 6.07) is 7.96. The maximum absolute atomic E-state index is 12.0. The van der Waals surface area contributed by atoms with Crippen molar-refractivity contribution in [3.63, 3.8) is 0 Å². The monoisotopic (exact) mass is 334 g/mol. The number of barbiturate groups is 1. The summed E-state index contributed by atoms with van der Waals surface area (Å²) in [5, 5.41) is 4.28. The van der Waals surface area contributed by atoms with Crippen LogP contribution in [0.15, 0.2) is 30.3 Å². The summed E-state index contributed by atoms with van der Waals surface area (Å²) in [7, 11) is 0. The number of benzene rings is 1. The molecule has 1 saturated heterocycles. The van der Waals surface area contributed by atoms with Gasteiger partial charge in [-0.1, -0.05) is 37.3 Å². The molecule has 0 spiro atoms. The van der Waals surface area contributed by atoms with Gasteiger partial charge in [0.2, 0.25) is 11.8 Å². The summed E-state index contributed by atoms with van der Waals surface area (Å²) >= 11 is 0. The first kappa shape index (κ1) is 18.3. The van der Waals surface area contributed by atoms with Gasteiger partial charge < -0.3 is 17.0 Å². The predicted octanol–water partition coefficient (Wildman–Crippen LogP) is -5.29. The van der Waals surface area contributed by atoms with E-state index < -0.39 is 23.3 Å². The van der Waals surface area contributed by atoms with Gasteiger partial charge in [-0.2, -0.15) is 0 Å². The van der Waals surface area contributed by atoms with Crippen LogP contribution < -0.4 is 57.2 Å². The van der Waals surface area contributed by atoms with Crippen LogP contribution in [0.4, 0.5) is 4.79 Å². The zero-order chi connectivity index (χ0) is 12.5. The Morgan fingerprint density at radius 3 is 1.89 bits per heavy atom. The van der Waals surface area contributed by atoms with Gasteiger partial charge in [-0.05, 0) is 12.0 Å². The SMILES string of the molecule is CCC1(c2ccccc2)C(=O)NC(=O)NC1=O.[Br-].[Na+]. The van der Waals surface area contributed by atoms with E-state index in [0.717, 1.165) is 0 Å². The van der Waals surface area contributed by atoms with E-state index >= 15 is 0 Å². The van der Waals surface area contributed by atoms with E-state index in [9.17, 15) is 14.4 Å². The summed E-state index contributed by atoms with van der Waals surface area (Å²) in [5.41, 5.74) is -0.722. The van der Waals surface area contributed by atoms with Crippen molar-refractivity contribution in [2.75, 3.05) is 0 Å². The number of imide groups is 2. The third kappa shape index (κ3) is 3.08. The fourth-order valence-corrected chi connectivity index (χ4v) is 2.06. The number of rotatable bonds is 2. The van der Waals surface area contributed by atoms with E-state index in [-0.39, 0.29) is 46.5 Å². The second-order valence-corrected chi connectivity index (χ2v) is 3.86. The van der Waals surface area contributed by atoms with Crippen LogP contribution in [0.2, 0.25) is 0 Å². The number of urea groups is 1. The number of nitrogens with one attached hydrogen (secondary N) is 2. The zero-order valence-electron chi connectivity index (χ0n) is 10.7. The van der Waals surface area contributed by atoms with Crippen LogP contribution in [0.3, 0.4) is 0 Å². The molecular weight excluding hydrogens is 323 g/mol. The molecule has 1 aromatic carbocycles. The average Bonchev–Trinajstić information content (AvgIpc) is 2.30. The van der Waals surface area contributed by atoms with Crippen molar-refractivity contribution in [1.29, 1.82) is 0 Å². The van der Waals surface area contributed by atoms with Crippen molar-refractivity contribution in [2.24, 2.45) is 0 Å². The van der Waals surface area contributed by atoms with E-state index in [2.05, 4.69) is 10.6 Å². The molecule has 2 rings (SSSR count). The third-order valence-corrected chi connectivity index (χ3v) is 3.03. The van der Waals surface area contributed by atoms with Crippen LogP contribution in [0, 0.1) is 0 Å². The van der Waals surface area contributed by atoms with Crippen LogP contribution in [-0.2, 0) is 15.0 Å². The Kier molecular flexibility index (Phi) is 6.93. The number of hydrogen-bond acceptors (Lipinski definition) is 3. The first-order valence-electron chi connectivity index (χ1n) is 5.33. The van der Waals surface area contributed by atoms with Crippen molar-refractivity contribution in [1.82, 2.24) is 10.6 Å². The number of halogens is 1. The number of carbonyl (C=O) groups excluding carboxylic acids is 3. The van der Waals surface area contributed by atoms with E-state index in [1.54, 1.807) is 37.3 Å². The van der Waals surface area contributed by atoms with E-state index in [0.29, 0.717) is 12.0 Å². The van der Waals surface area contributed by atoms with Gasteiger partial charge >= 0.3 is 35.6 Å². The Labute approximate surface area is 143 Å². The first-order chi connectivity index (χ1) is 8.11. The molecule has 1 aromatic rings. The molecule has 1 aliphatic rings. The molecule has 0 atom stereocenters. The van der Waals surface area contributed by atoms with Crippen LogP contribution in [0.5, 0.6) is 0 Å². The Morgan fingerprint density at radius 1 is 1.00 bits per heavy atom. The van der Waals surface area contributed by atoms with E-state index in [1.165, 1.54) is 0 Å². The Bertz CT molecular complexity index is 473. The number of hydrogen-bond donors (Lipinski definition) is 2. The van der Waals surface area contributed by atoms with Crippen molar-refractivity contribution in [3.8, 4) is 0 Å². The molecule has 5 nitrogen and oxygen atoms in total. The van der Waals surface area contributed by atoms with Crippen LogP contribution >= 0.6 is 0 Å². The van der Waals surface area contributed by atoms with Gasteiger partial charge in [-0.3, -0.25) is 20.2 Å². The van der Waals surface area contributed by atoms with Gasteiger partial charge in [0, 0.05) is 0 Å². The normalized spacial score (nSPS) is 16.6. The van der Waals surface area contributed by atoms with Gasteiger partial charge in [0.1, 0.15) is 0 Å². The van der Waals surface area contributed by atoms with Crippen molar-refractivity contribution in [3.05, 3.63) is 35.9 Å². The van der Waals surface area contributed by atoms with Crippen molar-refractivity contribution in [2.45, 2.75) is 18.8 Å². The maximum atomic E-state index is 12.0. The van der Waals surface area contributed by atoms with Crippen molar-refractivity contribution < 1.29 is 60.9 Å². The largest absolute Gasteiger partial charge is 1.00 e. The summed E-state index contributed by atoms with van der Waals surface area (Å²) in [5.74, 6) is -1.14. The minimum absolute atomic E-state index is 0. The number of carbonyl (C=O) groups is 3. The topological polar surface area (TPSA) is 75.3 Å². The van der Waals surface area contributed by atoms with Crippen molar-refractivity contribution >= 4 is 17.8 Å². The zero-order valence-corrected chi connectivity index (χ0v) is 14.3. The van der Waals surface area contributed by atoms with Gasteiger partial charge in [-0.15, -0.1) is 0 Å². The quantitative estimate of drug-likeness (QED) is 0.419. The molecule has 0 unspecified atom stereocenters. The number of amides is 4. The molecule has 0 aromatic heterocycles. The molecule has 4 amide bonds. The Hall–Kier alpha value is -0.690. The molecule has 0 radical (unpaired) electrons. The minimum atomic E-state index is -1.31. The molecule has 0 aliphatic carbocycles. The standard InChI is InChI=1S/C12H12N2O3.BrH.Na/c1-2-12(8-6-4-3-5-7-8)9(15)13-11(17)14-10(12)16;;/h3-7H,2H2,1H3,(H2,13,14,15,16,17);1H;/q;;+1/p-1. The van der Waals surface area contributed by atoms with Gasteiger partial charge in [-0.25, -0.2) is 4.79 Å². The summed E-state index contributed by atoms with van der Waals surface area (Å²) in [6.45, 7) is 1.74. The fraction of sp³-hybridized carbons (Fsp3) is 0.250. The molecule has 19 heavy (non-hydrogen) atoms. The minimum Gasteiger partial charge on any atom is -1.00 e.